The molecule has 20 heavy (non-hydrogen) atoms. The summed E-state index contributed by atoms with van der Waals surface area (Å²) in [6.45, 7) is 7.42. The highest BCUT2D eigenvalue weighted by molar-refractivity contribution is 5.25. The number of azo groups is 1. The third kappa shape index (κ3) is 4.68. The summed E-state index contributed by atoms with van der Waals surface area (Å²) in [5.74, 6) is 0.133. The zero-order chi connectivity index (χ0) is 15.8. The lowest BCUT2D eigenvalue weighted by Crippen LogP contribution is -2.28. The van der Waals surface area contributed by atoms with Crippen LogP contribution < -0.4 is 0 Å². The molecular formula is C14H18N6. The molecule has 0 aromatic heterocycles. The highest BCUT2D eigenvalue weighted by atomic mass is 15.2. The Kier molecular flexibility index (Phi) is 6.34. The molecule has 0 aromatic carbocycles. The minimum Gasteiger partial charge on any atom is -0.194 e. The van der Waals surface area contributed by atoms with Gasteiger partial charge in [-0.1, -0.05) is 27.7 Å². The third-order valence-corrected chi connectivity index (χ3v) is 2.54. The van der Waals surface area contributed by atoms with Crippen molar-refractivity contribution in [3.05, 3.63) is 0 Å². The van der Waals surface area contributed by atoms with E-state index in [0.717, 1.165) is 0 Å². The van der Waals surface area contributed by atoms with Gasteiger partial charge >= 0.3 is 0 Å². The lowest BCUT2D eigenvalue weighted by atomic mass is 9.91. The number of nitriles is 4. The predicted molar refractivity (Wildman–Crippen MR) is 71.7 cm³/mol. The monoisotopic (exact) mass is 270 g/mol. The topological polar surface area (TPSA) is 120 Å². The lowest BCUT2D eigenvalue weighted by molar-refractivity contribution is 0.431. The van der Waals surface area contributed by atoms with Crippen molar-refractivity contribution < 1.29 is 0 Å². The minimum absolute atomic E-state index is 0.0666. The predicted octanol–water partition coefficient (Wildman–Crippen LogP) is 3.10. The van der Waals surface area contributed by atoms with Gasteiger partial charge in [-0.05, 0) is 11.8 Å². The summed E-state index contributed by atoms with van der Waals surface area (Å²) in [6, 6.07) is 7.32. The molecule has 0 aliphatic carbocycles. The Balaban J connectivity index is 5.52. The van der Waals surface area contributed by atoms with Crippen LogP contribution in [0.3, 0.4) is 0 Å². The van der Waals surface area contributed by atoms with E-state index in [4.69, 9.17) is 21.0 Å². The maximum Gasteiger partial charge on any atom is 0.252 e. The van der Waals surface area contributed by atoms with E-state index < -0.39 is 11.1 Å². The average molecular weight is 270 g/mol. The average Bonchev–Trinajstić information content (AvgIpc) is 2.41. The van der Waals surface area contributed by atoms with E-state index in [9.17, 15) is 0 Å². The van der Waals surface area contributed by atoms with Gasteiger partial charge in [-0.25, -0.2) is 0 Å². The Labute approximate surface area is 120 Å². The molecule has 0 fully saturated rings. The maximum atomic E-state index is 9.16. The molecule has 0 N–H and O–H groups in total. The van der Waals surface area contributed by atoms with Crippen molar-refractivity contribution in [1.29, 1.82) is 21.0 Å². The Morgan fingerprint density at radius 1 is 0.700 bits per heavy atom. The molecule has 0 saturated carbocycles. The van der Waals surface area contributed by atoms with Crippen molar-refractivity contribution >= 4 is 0 Å². The SMILES string of the molecule is CC(C)CC(C#N)(C#N)/N=N/C(C#N)(C#N)CC(C)C. The molecule has 0 saturated heterocycles. The normalized spacial score (nSPS) is 11.9. The maximum absolute atomic E-state index is 9.16. The van der Waals surface area contributed by atoms with Crippen LogP contribution in [0.5, 0.6) is 0 Å². The first-order valence-electron chi connectivity index (χ1n) is 6.37. The number of rotatable bonds is 6. The van der Waals surface area contributed by atoms with Crippen LogP contribution in [0.2, 0.25) is 0 Å². The Bertz CT molecular complexity index is 442. The van der Waals surface area contributed by atoms with Crippen molar-refractivity contribution in [1.82, 2.24) is 0 Å². The van der Waals surface area contributed by atoms with E-state index in [0.29, 0.717) is 0 Å². The van der Waals surface area contributed by atoms with E-state index in [2.05, 4.69) is 10.2 Å². The first kappa shape index (κ1) is 17.6. The summed E-state index contributed by atoms with van der Waals surface area (Å²) in [7, 11) is 0. The molecule has 0 aliphatic rings. The fourth-order valence-corrected chi connectivity index (χ4v) is 1.76. The second kappa shape index (κ2) is 7.22. The van der Waals surface area contributed by atoms with Crippen molar-refractivity contribution in [3.8, 4) is 24.3 Å². The van der Waals surface area contributed by atoms with Gasteiger partial charge in [0.2, 0.25) is 0 Å². The van der Waals surface area contributed by atoms with Gasteiger partial charge in [-0.3, -0.25) is 0 Å². The summed E-state index contributed by atoms with van der Waals surface area (Å²) in [6.07, 6.45) is 0.413. The second-order valence-corrected chi connectivity index (χ2v) is 5.56. The van der Waals surface area contributed by atoms with Gasteiger partial charge < -0.3 is 0 Å². The second-order valence-electron chi connectivity index (χ2n) is 5.56. The van der Waals surface area contributed by atoms with Crippen LogP contribution in [-0.4, -0.2) is 11.1 Å². The molecule has 6 heteroatoms. The summed E-state index contributed by atoms with van der Waals surface area (Å²) in [4.78, 5) is 0. The van der Waals surface area contributed by atoms with Crippen LogP contribution in [-0.2, 0) is 0 Å². The van der Waals surface area contributed by atoms with Crippen LogP contribution in [0.25, 0.3) is 0 Å². The zero-order valence-electron chi connectivity index (χ0n) is 12.3. The minimum atomic E-state index is -1.63. The lowest BCUT2D eigenvalue weighted by Gasteiger charge is -2.18. The summed E-state index contributed by atoms with van der Waals surface area (Å²) in [5, 5.41) is 44.1. The Morgan fingerprint density at radius 3 is 1.10 bits per heavy atom. The molecule has 0 spiro atoms. The van der Waals surface area contributed by atoms with Crippen molar-refractivity contribution in [2.75, 3.05) is 0 Å². The molecule has 104 valence electrons. The van der Waals surface area contributed by atoms with Crippen LogP contribution >= 0.6 is 0 Å². The smallest absolute Gasteiger partial charge is 0.194 e. The third-order valence-electron chi connectivity index (χ3n) is 2.54. The molecule has 0 unspecified atom stereocenters. The van der Waals surface area contributed by atoms with Gasteiger partial charge in [0.1, 0.15) is 24.3 Å². The van der Waals surface area contributed by atoms with Gasteiger partial charge in [0.15, 0.2) is 0 Å². The molecule has 0 aromatic rings. The fourth-order valence-electron chi connectivity index (χ4n) is 1.76. The van der Waals surface area contributed by atoms with Gasteiger partial charge in [0.05, 0.1) is 0 Å². The number of hydrogen-bond acceptors (Lipinski definition) is 6. The molecule has 0 atom stereocenters. The van der Waals surface area contributed by atoms with Crippen LogP contribution in [0.1, 0.15) is 40.5 Å². The van der Waals surface area contributed by atoms with E-state index in [-0.39, 0.29) is 24.7 Å². The standard InChI is InChI=1S/C14H18N6/c1-11(2)5-13(7-15,8-16)19-20-14(9-17,10-18)6-12(3)4/h11-12H,5-6H2,1-4H3/b20-19+. The number of hydrogen-bond donors (Lipinski definition) is 0. The van der Waals surface area contributed by atoms with Crippen LogP contribution in [0.15, 0.2) is 10.2 Å². The Hall–Kier alpha value is -2.44. The van der Waals surface area contributed by atoms with E-state index in [1.165, 1.54) is 0 Å². The summed E-state index contributed by atoms with van der Waals surface area (Å²) >= 11 is 0. The van der Waals surface area contributed by atoms with Crippen molar-refractivity contribution in [2.45, 2.75) is 51.6 Å². The van der Waals surface area contributed by atoms with Crippen LogP contribution in [0, 0.1) is 57.2 Å². The van der Waals surface area contributed by atoms with Gasteiger partial charge in [-0.2, -0.15) is 31.3 Å². The molecule has 0 aliphatic heterocycles. The molecule has 0 bridgehead atoms. The molecular weight excluding hydrogens is 252 g/mol. The van der Waals surface area contributed by atoms with E-state index in [1.807, 2.05) is 52.0 Å². The van der Waals surface area contributed by atoms with Gasteiger partial charge in [0, 0.05) is 12.8 Å². The zero-order valence-corrected chi connectivity index (χ0v) is 12.3. The molecule has 0 rings (SSSR count). The van der Waals surface area contributed by atoms with Gasteiger partial charge in [0.25, 0.3) is 11.1 Å². The summed E-state index contributed by atoms with van der Waals surface area (Å²) < 4.78 is 0. The van der Waals surface area contributed by atoms with Crippen molar-refractivity contribution in [3.63, 3.8) is 0 Å². The first-order chi connectivity index (χ1) is 9.28. The first-order valence-corrected chi connectivity index (χ1v) is 6.37. The highest BCUT2D eigenvalue weighted by Gasteiger charge is 2.36. The number of nitrogens with zero attached hydrogens (tertiary/aromatic N) is 6. The Morgan fingerprint density at radius 2 is 0.950 bits per heavy atom. The molecule has 6 nitrogen and oxygen atoms in total. The largest absolute Gasteiger partial charge is 0.252 e. The van der Waals surface area contributed by atoms with Crippen molar-refractivity contribution in [2.24, 2.45) is 22.1 Å². The van der Waals surface area contributed by atoms with E-state index >= 15 is 0 Å². The highest BCUT2D eigenvalue weighted by Crippen LogP contribution is 2.26. The van der Waals surface area contributed by atoms with Crippen LogP contribution in [0.4, 0.5) is 0 Å². The fraction of sp³-hybridized carbons (Fsp3) is 0.714. The summed E-state index contributed by atoms with van der Waals surface area (Å²) in [5.41, 5.74) is -3.27. The van der Waals surface area contributed by atoms with Gasteiger partial charge in [-0.15, -0.1) is 0 Å². The molecule has 0 heterocycles. The quantitative estimate of drug-likeness (QED) is 0.688. The van der Waals surface area contributed by atoms with E-state index in [1.54, 1.807) is 0 Å². The molecule has 0 radical (unpaired) electrons. The molecule has 0 amide bonds.